The van der Waals surface area contributed by atoms with Gasteiger partial charge in [0.15, 0.2) is 0 Å². The zero-order valence-electron chi connectivity index (χ0n) is 8.89. The van der Waals surface area contributed by atoms with Gasteiger partial charge >= 0.3 is 0 Å². The van der Waals surface area contributed by atoms with Crippen molar-refractivity contribution in [3.63, 3.8) is 0 Å². The van der Waals surface area contributed by atoms with Crippen LogP contribution in [0.1, 0.15) is 12.8 Å². The van der Waals surface area contributed by atoms with Gasteiger partial charge in [0.05, 0.1) is 19.8 Å². The average molecular weight is 208 g/mol. The van der Waals surface area contributed by atoms with E-state index >= 15 is 0 Å². The van der Waals surface area contributed by atoms with E-state index in [0.717, 1.165) is 25.2 Å². The molecule has 82 valence electrons. The SMILES string of the molecule is COc1cccc(N2CCCC2CO)n1. The third-order valence-electron chi connectivity index (χ3n) is 2.80. The molecule has 1 aromatic heterocycles. The summed E-state index contributed by atoms with van der Waals surface area (Å²) in [6, 6.07) is 5.92. The molecule has 1 aromatic rings. The minimum Gasteiger partial charge on any atom is -0.481 e. The number of pyridine rings is 1. The highest BCUT2D eigenvalue weighted by atomic mass is 16.5. The standard InChI is InChI=1S/C11H16N2O2/c1-15-11-6-2-5-10(12-11)13-7-3-4-9(13)8-14/h2,5-6,9,14H,3-4,7-8H2,1H3. The Morgan fingerprint density at radius 2 is 2.47 bits per heavy atom. The Hall–Kier alpha value is -1.29. The molecule has 1 saturated heterocycles. The van der Waals surface area contributed by atoms with E-state index in [9.17, 15) is 5.11 Å². The minimum atomic E-state index is 0.193. The number of ether oxygens (including phenoxy) is 1. The second kappa shape index (κ2) is 4.49. The summed E-state index contributed by atoms with van der Waals surface area (Å²) < 4.78 is 5.08. The summed E-state index contributed by atoms with van der Waals surface area (Å²) in [4.78, 5) is 6.51. The van der Waals surface area contributed by atoms with Crippen LogP contribution in [-0.2, 0) is 0 Å². The van der Waals surface area contributed by atoms with Gasteiger partial charge in [0, 0.05) is 12.6 Å². The lowest BCUT2D eigenvalue weighted by molar-refractivity contribution is 0.266. The fraction of sp³-hybridized carbons (Fsp3) is 0.545. The highest BCUT2D eigenvalue weighted by molar-refractivity contribution is 5.43. The maximum atomic E-state index is 9.22. The van der Waals surface area contributed by atoms with E-state index < -0.39 is 0 Å². The monoisotopic (exact) mass is 208 g/mol. The van der Waals surface area contributed by atoms with Crippen LogP contribution in [0.4, 0.5) is 5.82 Å². The molecule has 1 unspecified atom stereocenters. The van der Waals surface area contributed by atoms with Crippen molar-refractivity contribution >= 4 is 5.82 Å². The smallest absolute Gasteiger partial charge is 0.214 e. The number of aliphatic hydroxyl groups is 1. The Morgan fingerprint density at radius 3 is 3.20 bits per heavy atom. The van der Waals surface area contributed by atoms with Crippen LogP contribution in [0, 0.1) is 0 Å². The van der Waals surface area contributed by atoms with Crippen LogP contribution >= 0.6 is 0 Å². The molecule has 1 aliphatic heterocycles. The number of rotatable bonds is 3. The number of nitrogens with zero attached hydrogens (tertiary/aromatic N) is 2. The lowest BCUT2D eigenvalue weighted by Gasteiger charge is -2.24. The van der Waals surface area contributed by atoms with Crippen molar-refractivity contribution in [3.05, 3.63) is 18.2 Å². The topological polar surface area (TPSA) is 45.6 Å². The molecule has 0 amide bonds. The summed E-state index contributed by atoms with van der Waals surface area (Å²) in [6.45, 7) is 1.16. The molecule has 2 heterocycles. The average Bonchev–Trinajstić information content (AvgIpc) is 2.77. The van der Waals surface area contributed by atoms with Gasteiger partial charge in [-0.05, 0) is 18.9 Å². The summed E-state index contributed by atoms with van der Waals surface area (Å²) in [6.07, 6.45) is 2.15. The molecule has 1 N–H and O–H groups in total. The van der Waals surface area contributed by atoms with Gasteiger partial charge in [0.1, 0.15) is 5.82 Å². The quantitative estimate of drug-likeness (QED) is 0.806. The van der Waals surface area contributed by atoms with Crippen LogP contribution in [0.15, 0.2) is 18.2 Å². The van der Waals surface area contributed by atoms with Crippen molar-refractivity contribution in [1.29, 1.82) is 0 Å². The molecule has 0 aromatic carbocycles. The normalized spacial score (nSPS) is 20.7. The third-order valence-corrected chi connectivity index (χ3v) is 2.80. The first-order valence-electron chi connectivity index (χ1n) is 5.23. The lowest BCUT2D eigenvalue weighted by atomic mass is 10.2. The Labute approximate surface area is 89.5 Å². The molecule has 4 nitrogen and oxygen atoms in total. The van der Waals surface area contributed by atoms with E-state index in [0.29, 0.717) is 5.88 Å². The predicted octanol–water partition coefficient (Wildman–Crippen LogP) is 1.05. The Kier molecular flexibility index (Phi) is 3.06. The summed E-state index contributed by atoms with van der Waals surface area (Å²) in [5.41, 5.74) is 0. The van der Waals surface area contributed by atoms with E-state index in [1.54, 1.807) is 7.11 Å². The summed E-state index contributed by atoms with van der Waals surface area (Å²) >= 11 is 0. The molecule has 0 radical (unpaired) electrons. The lowest BCUT2D eigenvalue weighted by Crippen LogP contribution is -2.32. The molecule has 0 saturated carbocycles. The number of hydrogen-bond acceptors (Lipinski definition) is 4. The van der Waals surface area contributed by atoms with E-state index in [1.165, 1.54) is 0 Å². The molecule has 15 heavy (non-hydrogen) atoms. The zero-order chi connectivity index (χ0) is 10.7. The van der Waals surface area contributed by atoms with Gasteiger partial charge in [-0.2, -0.15) is 4.98 Å². The molecular weight excluding hydrogens is 192 g/mol. The number of aliphatic hydroxyl groups excluding tert-OH is 1. The van der Waals surface area contributed by atoms with Crippen LogP contribution in [-0.4, -0.2) is 36.4 Å². The van der Waals surface area contributed by atoms with Gasteiger partial charge in [-0.1, -0.05) is 6.07 Å². The molecule has 1 atom stereocenters. The van der Waals surface area contributed by atoms with Gasteiger partial charge in [-0.25, -0.2) is 0 Å². The number of hydrogen-bond donors (Lipinski definition) is 1. The van der Waals surface area contributed by atoms with Crippen molar-refractivity contribution in [1.82, 2.24) is 4.98 Å². The van der Waals surface area contributed by atoms with Gasteiger partial charge < -0.3 is 14.7 Å². The van der Waals surface area contributed by atoms with Crippen LogP contribution in [0.3, 0.4) is 0 Å². The van der Waals surface area contributed by atoms with Gasteiger partial charge in [-0.3, -0.25) is 0 Å². The van der Waals surface area contributed by atoms with Gasteiger partial charge in [-0.15, -0.1) is 0 Å². The number of methoxy groups -OCH3 is 1. The van der Waals surface area contributed by atoms with Gasteiger partial charge in [0.25, 0.3) is 0 Å². The van der Waals surface area contributed by atoms with Crippen molar-refractivity contribution in [2.45, 2.75) is 18.9 Å². The predicted molar refractivity (Wildman–Crippen MR) is 58.2 cm³/mol. The maximum absolute atomic E-state index is 9.22. The summed E-state index contributed by atoms with van der Waals surface area (Å²) in [5, 5.41) is 9.22. The van der Waals surface area contributed by atoms with E-state index in [2.05, 4.69) is 9.88 Å². The Bertz CT molecular complexity index is 330. The van der Waals surface area contributed by atoms with Crippen molar-refractivity contribution in [2.24, 2.45) is 0 Å². The fourth-order valence-electron chi connectivity index (χ4n) is 2.00. The molecule has 0 aliphatic carbocycles. The van der Waals surface area contributed by atoms with Crippen LogP contribution in [0.5, 0.6) is 5.88 Å². The Balaban J connectivity index is 2.20. The molecular formula is C11H16N2O2. The summed E-state index contributed by atoms with van der Waals surface area (Å²) in [5.74, 6) is 1.52. The highest BCUT2D eigenvalue weighted by Crippen LogP contribution is 2.24. The number of anilines is 1. The molecule has 0 spiro atoms. The van der Waals surface area contributed by atoms with Crippen LogP contribution < -0.4 is 9.64 Å². The minimum absolute atomic E-state index is 0.193. The van der Waals surface area contributed by atoms with Crippen LogP contribution in [0.25, 0.3) is 0 Å². The second-order valence-corrected chi connectivity index (χ2v) is 3.71. The second-order valence-electron chi connectivity index (χ2n) is 3.71. The first-order valence-corrected chi connectivity index (χ1v) is 5.23. The highest BCUT2D eigenvalue weighted by Gasteiger charge is 2.24. The van der Waals surface area contributed by atoms with Crippen molar-refractivity contribution in [3.8, 4) is 5.88 Å². The van der Waals surface area contributed by atoms with Crippen molar-refractivity contribution in [2.75, 3.05) is 25.2 Å². The Morgan fingerprint density at radius 1 is 1.60 bits per heavy atom. The molecule has 2 rings (SSSR count). The largest absolute Gasteiger partial charge is 0.481 e. The maximum Gasteiger partial charge on any atom is 0.214 e. The molecule has 1 fully saturated rings. The van der Waals surface area contributed by atoms with Gasteiger partial charge in [0.2, 0.25) is 5.88 Å². The zero-order valence-corrected chi connectivity index (χ0v) is 8.89. The molecule has 1 aliphatic rings. The van der Waals surface area contributed by atoms with Crippen LogP contribution in [0.2, 0.25) is 0 Å². The first kappa shape index (κ1) is 10.2. The third kappa shape index (κ3) is 2.04. The molecule has 4 heteroatoms. The van der Waals surface area contributed by atoms with E-state index in [-0.39, 0.29) is 12.6 Å². The fourth-order valence-corrected chi connectivity index (χ4v) is 2.00. The van der Waals surface area contributed by atoms with E-state index in [1.807, 2.05) is 18.2 Å². The summed E-state index contributed by atoms with van der Waals surface area (Å²) in [7, 11) is 1.61. The van der Waals surface area contributed by atoms with E-state index in [4.69, 9.17) is 4.74 Å². The first-order chi connectivity index (χ1) is 7.35. The van der Waals surface area contributed by atoms with Crippen molar-refractivity contribution < 1.29 is 9.84 Å². The molecule has 0 bridgehead atoms. The number of aromatic nitrogens is 1.